The van der Waals surface area contributed by atoms with Gasteiger partial charge in [0.25, 0.3) is 0 Å². The highest BCUT2D eigenvalue weighted by atomic mass is 16.5. The molecular weight excluding hydrogens is 286 g/mol. The highest BCUT2D eigenvalue weighted by Gasteiger charge is 2.20. The predicted molar refractivity (Wildman–Crippen MR) is 79.8 cm³/mol. The average molecular weight is 305 g/mol. The summed E-state index contributed by atoms with van der Waals surface area (Å²) < 4.78 is 15.8. The Morgan fingerprint density at radius 1 is 0.955 bits per heavy atom. The average Bonchev–Trinajstić information content (AvgIpc) is 2.45. The Hall–Kier alpha value is -2.57. The second-order valence-electron chi connectivity index (χ2n) is 5.62. The summed E-state index contributed by atoms with van der Waals surface area (Å²) in [5.74, 6) is 1.30. The third-order valence-electron chi connectivity index (χ3n) is 2.95. The van der Waals surface area contributed by atoms with Crippen molar-refractivity contribution in [2.24, 2.45) is 0 Å². The van der Waals surface area contributed by atoms with Crippen molar-refractivity contribution in [1.29, 1.82) is 0 Å². The number of rotatable bonds is 4. The molecule has 0 aliphatic carbocycles. The first-order valence-corrected chi connectivity index (χ1v) is 6.69. The highest BCUT2D eigenvalue weighted by molar-refractivity contribution is 5.44. The maximum atomic E-state index is 9.43. The lowest BCUT2D eigenvalue weighted by Gasteiger charge is -2.22. The topological polar surface area (TPSA) is 86.6 Å². The van der Waals surface area contributed by atoms with Gasteiger partial charge in [0.05, 0.1) is 14.2 Å². The lowest BCUT2D eigenvalue weighted by Crippen LogP contribution is -2.13. The molecule has 1 N–H and O–H groups in total. The van der Waals surface area contributed by atoms with Gasteiger partial charge in [-0.2, -0.15) is 0 Å². The van der Waals surface area contributed by atoms with E-state index in [4.69, 9.17) is 14.2 Å². The summed E-state index contributed by atoms with van der Waals surface area (Å²) in [7, 11) is 3.02. The third-order valence-corrected chi connectivity index (χ3v) is 2.95. The number of methoxy groups -OCH3 is 2. The van der Waals surface area contributed by atoms with E-state index >= 15 is 0 Å². The molecule has 0 aliphatic rings. The van der Waals surface area contributed by atoms with Gasteiger partial charge in [0, 0.05) is 5.56 Å². The molecule has 118 valence electrons. The molecule has 0 saturated heterocycles. The molecule has 2 aromatic rings. The van der Waals surface area contributed by atoms with Gasteiger partial charge in [0.15, 0.2) is 0 Å². The van der Waals surface area contributed by atoms with Crippen molar-refractivity contribution >= 4 is 0 Å². The van der Waals surface area contributed by atoms with Crippen LogP contribution in [0.2, 0.25) is 0 Å². The van der Waals surface area contributed by atoms with Gasteiger partial charge in [0.2, 0.25) is 0 Å². The zero-order valence-electron chi connectivity index (χ0n) is 13.2. The van der Waals surface area contributed by atoms with Gasteiger partial charge in [-0.3, -0.25) is 0 Å². The normalized spacial score (nSPS) is 11.1. The zero-order valence-corrected chi connectivity index (χ0v) is 13.2. The van der Waals surface area contributed by atoms with Crippen LogP contribution in [0.5, 0.6) is 29.5 Å². The van der Waals surface area contributed by atoms with Crippen molar-refractivity contribution in [2.75, 3.05) is 14.2 Å². The van der Waals surface area contributed by atoms with E-state index in [1.54, 1.807) is 13.2 Å². The summed E-state index contributed by atoms with van der Waals surface area (Å²) >= 11 is 0. The lowest BCUT2D eigenvalue weighted by atomic mass is 9.86. The van der Waals surface area contributed by atoms with Crippen molar-refractivity contribution in [1.82, 2.24) is 15.0 Å². The van der Waals surface area contributed by atoms with Crippen LogP contribution in [0.1, 0.15) is 26.3 Å². The summed E-state index contributed by atoms with van der Waals surface area (Å²) in [6, 6.07) is 4.87. The first kappa shape index (κ1) is 15.8. The fraction of sp³-hybridized carbons (Fsp3) is 0.400. The van der Waals surface area contributed by atoms with Gasteiger partial charge in [0.1, 0.15) is 11.5 Å². The highest BCUT2D eigenvalue weighted by Crippen LogP contribution is 2.35. The minimum absolute atomic E-state index is 0.0212. The minimum Gasteiger partial charge on any atom is -0.496 e. The van der Waals surface area contributed by atoms with Gasteiger partial charge < -0.3 is 19.3 Å². The number of hydrogen-bond acceptors (Lipinski definition) is 7. The first-order valence-electron chi connectivity index (χ1n) is 6.69. The molecule has 22 heavy (non-hydrogen) atoms. The van der Waals surface area contributed by atoms with Crippen molar-refractivity contribution in [3.63, 3.8) is 0 Å². The molecule has 0 atom stereocenters. The summed E-state index contributed by atoms with van der Waals surface area (Å²) in [5.41, 5.74) is 0.863. The van der Waals surface area contributed by atoms with Gasteiger partial charge in [-0.15, -0.1) is 15.0 Å². The van der Waals surface area contributed by atoms with Crippen LogP contribution in [0.15, 0.2) is 18.2 Å². The minimum atomic E-state index is -0.466. The lowest BCUT2D eigenvalue weighted by molar-refractivity contribution is 0.331. The maximum Gasteiger partial charge on any atom is 0.331 e. The van der Waals surface area contributed by atoms with E-state index in [1.807, 2.05) is 12.1 Å². The van der Waals surface area contributed by atoms with Gasteiger partial charge in [-0.25, -0.2) is 0 Å². The SMILES string of the molecule is COc1nc(O)nc(Oc2ccc(OC)c(C(C)(C)C)c2)n1. The summed E-state index contributed by atoms with van der Waals surface area (Å²) in [6.07, 6.45) is 0. The van der Waals surface area contributed by atoms with E-state index in [0.717, 1.165) is 11.3 Å². The van der Waals surface area contributed by atoms with Crippen LogP contribution in [0.4, 0.5) is 0 Å². The molecule has 0 unspecified atom stereocenters. The van der Waals surface area contributed by atoms with E-state index in [1.165, 1.54) is 7.11 Å². The molecule has 1 aromatic heterocycles. The fourth-order valence-corrected chi connectivity index (χ4v) is 1.91. The van der Waals surface area contributed by atoms with Crippen LogP contribution in [-0.4, -0.2) is 34.3 Å². The molecule has 1 heterocycles. The Morgan fingerprint density at radius 2 is 1.64 bits per heavy atom. The van der Waals surface area contributed by atoms with E-state index in [9.17, 15) is 5.11 Å². The van der Waals surface area contributed by atoms with Gasteiger partial charge >= 0.3 is 18.0 Å². The molecule has 7 heteroatoms. The van der Waals surface area contributed by atoms with Crippen molar-refractivity contribution in [2.45, 2.75) is 26.2 Å². The first-order chi connectivity index (χ1) is 10.3. The number of aromatic hydroxyl groups is 1. The van der Waals surface area contributed by atoms with Crippen LogP contribution < -0.4 is 14.2 Å². The molecule has 0 aliphatic heterocycles. The van der Waals surface area contributed by atoms with Crippen LogP contribution >= 0.6 is 0 Å². The van der Waals surface area contributed by atoms with E-state index < -0.39 is 6.01 Å². The molecule has 0 saturated carbocycles. The molecule has 7 nitrogen and oxygen atoms in total. The second-order valence-corrected chi connectivity index (χ2v) is 5.62. The Labute approximate surface area is 128 Å². The van der Waals surface area contributed by atoms with Gasteiger partial charge in [-0.1, -0.05) is 20.8 Å². The Morgan fingerprint density at radius 3 is 2.23 bits per heavy atom. The van der Waals surface area contributed by atoms with Crippen LogP contribution in [0.25, 0.3) is 0 Å². The molecule has 2 rings (SSSR count). The maximum absolute atomic E-state index is 9.43. The summed E-state index contributed by atoms with van der Waals surface area (Å²) in [6.45, 7) is 6.23. The van der Waals surface area contributed by atoms with E-state index in [2.05, 4.69) is 35.7 Å². The second kappa shape index (κ2) is 6.05. The molecular formula is C15H19N3O4. The van der Waals surface area contributed by atoms with Crippen LogP contribution in [0, 0.1) is 0 Å². The quantitative estimate of drug-likeness (QED) is 0.929. The molecule has 0 amide bonds. The summed E-state index contributed by atoms with van der Waals surface area (Å²) in [4.78, 5) is 11.2. The smallest absolute Gasteiger partial charge is 0.331 e. The van der Waals surface area contributed by atoms with E-state index in [0.29, 0.717) is 5.75 Å². The van der Waals surface area contributed by atoms with Crippen molar-refractivity contribution in [3.05, 3.63) is 23.8 Å². The van der Waals surface area contributed by atoms with Gasteiger partial charge in [-0.05, 0) is 23.6 Å². The van der Waals surface area contributed by atoms with E-state index in [-0.39, 0.29) is 17.4 Å². The molecule has 0 spiro atoms. The van der Waals surface area contributed by atoms with Crippen molar-refractivity contribution < 1.29 is 19.3 Å². The fourth-order valence-electron chi connectivity index (χ4n) is 1.91. The largest absolute Gasteiger partial charge is 0.496 e. The number of ether oxygens (including phenoxy) is 3. The Balaban J connectivity index is 2.36. The number of aromatic nitrogens is 3. The third kappa shape index (κ3) is 3.55. The molecule has 0 fully saturated rings. The molecule has 0 bridgehead atoms. The molecule has 1 aromatic carbocycles. The standard InChI is InChI=1S/C15H19N3O4/c1-15(2,3)10-8-9(6-7-11(10)20-4)22-14-17-12(19)16-13(18-14)21-5/h6-8H,1-5H3,(H,16,17,18,19). The number of benzene rings is 1. The monoisotopic (exact) mass is 305 g/mol. The number of hydrogen-bond donors (Lipinski definition) is 1. The van der Waals surface area contributed by atoms with Crippen LogP contribution in [-0.2, 0) is 5.41 Å². The Bertz CT molecular complexity index is 668. The zero-order chi connectivity index (χ0) is 16.3. The van der Waals surface area contributed by atoms with Crippen molar-refractivity contribution in [3.8, 4) is 29.5 Å². The van der Waals surface area contributed by atoms with Crippen LogP contribution in [0.3, 0.4) is 0 Å². The Kier molecular flexibility index (Phi) is 4.35. The molecule has 0 radical (unpaired) electrons. The summed E-state index contributed by atoms with van der Waals surface area (Å²) in [5, 5.41) is 9.43. The predicted octanol–water partition coefficient (Wildman–Crippen LogP) is 2.68. The number of nitrogens with zero attached hydrogens (tertiary/aromatic N) is 3.